The third-order valence-electron chi connectivity index (χ3n) is 4.29. The highest BCUT2D eigenvalue weighted by atomic mass is 16.5. The van der Waals surface area contributed by atoms with Crippen molar-refractivity contribution in [2.24, 2.45) is 0 Å². The molecule has 0 fully saturated rings. The molecule has 3 heteroatoms. The maximum absolute atomic E-state index is 12.7. The lowest BCUT2D eigenvalue weighted by molar-refractivity contribution is 0.100. The molecule has 0 amide bonds. The molecule has 4 rings (SSSR count). The van der Waals surface area contributed by atoms with Gasteiger partial charge in [0.05, 0.1) is 5.56 Å². The topological polar surface area (TPSA) is 35.5 Å². The number of fused-ring (bicyclic) bond motifs is 1. The van der Waals surface area contributed by atoms with E-state index in [1.165, 1.54) is 0 Å². The number of Topliss-reactive ketones (excluding diaryl/α,β-unsaturated/α-hetero) is 1. The second-order valence-electron chi connectivity index (χ2n) is 6.10. The van der Waals surface area contributed by atoms with Crippen molar-refractivity contribution in [2.75, 3.05) is 6.61 Å². The van der Waals surface area contributed by atoms with Gasteiger partial charge in [0.25, 0.3) is 0 Å². The normalized spacial score (nSPS) is 14.6. The highest BCUT2D eigenvalue weighted by Crippen LogP contribution is 2.29. The van der Waals surface area contributed by atoms with Crippen LogP contribution in [0.3, 0.4) is 0 Å². The van der Waals surface area contributed by atoms with Crippen molar-refractivity contribution < 1.29 is 14.3 Å². The van der Waals surface area contributed by atoms with Crippen molar-refractivity contribution in [1.82, 2.24) is 0 Å². The van der Waals surface area contributed by atoms with Crippen LogP contribution < -0.4 is 9.47 Å². The lowest BCUT2D eigenvalue weighted by Crippen LogP contribution is -2.18. The van der Waals surface area contributed by atoms with E-state index in [-0.39, 0.29) is 12.4 Å². The van der Waals surface area contributed by atoms with E-state index in [4.69, 9.17) is 9.47 Å². The molecule has 0 saturated carbocycles. The highest BCUT2D eigenvalue weighted by Gasteiger charge is 2.23. The van der Waals surface area contributed by atoms with Gasteiger partial charge in [-0.05, 0) is 29.8 Å². The Labute approximate surface area is 152 Å². The zero-order valence-electron chi connectivity index (χ0n) is 14.2. The summed E-state index contributed by atoms with van der Waals surface area (Å²) in [5.74, 6) is 1.39. The minimum absolute atomic E-state index is 0.00436. The van der Waals surface area contributed by atoms with E-state index in [0.717, 1.165) is 16.9 Å². The molecule has 128 valence electrons. The third kappa shape index (κ3) is 3.38. The molecule has 0 saturated heterocycles. The van der Waals surface area contributed by atoms with E-state index in [2.05, 4.69) is 0 Å². The van der Waals surface area contributed by atoms with Crippen LogP contribution in [0.5, 0.6) is 11.5 Å². The molecule has 0 aromatic heterocycles. The quantitative estimate of drug-likeness (QED) is 0.631. The van der Waals surface area contributed by atoms with Crippen LogP contribution in [0.4, 0.5) is 0 Å². The number of benzene rings is 3. The number of ketones is 1. The fourth-order valence-corrected chi connectivity index (χ4v) is 2.94. The molecule has 1 aliphatic heterocycles. The first-order chi connectivity index (χ1) is 12.8. The summed E-state index contributed by atoms with van der Waals surface area (Å²) in [6.07, 6.45) is 1.86. The number of carbonyl (C=O) groups is 1. The molecule has 0 atom stereocenters. The monoisotopic (exact) mass is 342 g/mol. The number of rotatable bonds is 4. The molecular formula is C23H18O3. The maximum Gasteiger partial charge on any atom is 0.196 e. The zero-order chi connectivity index (χ0) is 17.8. The van der Waals surface area contributed by atoms with Crippen LogP contribution in [0.15, 0.2) is 84.4 Å². The van der Waals surface area contributed by atoms with Gasteiger partial charge in [-0.3, -0.25) is 4.79 Å². The summed E-state index contributed by atoms with van der Waals surface area (Å²) in [5, 5.41) is 0. The molecule has 0 spiro atoms. The van der Waals surface area contributed by atoms with Crippen LogP contribution in [0, 0.1) is 0 Å². The predicted molar refractivity (Wildman–Crippen MR) is 101 cm³/mol. The first-order valence-electron chi connectivity index (χ1n) is 8.54. The fourth-order valence-electron chi connectivity index (χ4n) is 2.94. The van der Waals surface area contributed by atoms with Gasteiger partial charge in [0.15, 0.2) is 5.78 Å². The number of carbonyl (C=O) groups excluding carboxylic acids is 1. The minimum Gasteiger partial charge on any atom is -0.488 e. The first-order valence-corrected chi connectivity index (χ1v) is 8.54. The zero-order valence-corrected chi connectivity index (χ0v) is 14.2. The minimum atomic E-state index is 0.00436. The summed E-state index contributed by atoms with van der Waals surface area (Å²) in [5.41, 5.74) is 3.20. The fraction of sp³-hybridized carbons (Fsp3) is 0.0870. The smallest absolute Gasteiger partial charge is 0.196 e. The molecule has 1 aliphatic rings. The van der Waals surface area contributed by atoms with Crippen LogP contribution in [0.2, 0.25) is 0 Å². The Morgan fingerprint density at radius 1 is 0.885 bits per heavy atom. The maximum atomic E-state index is 12.7. The lowest BCUT2D eigenvalue weighted by atomic mass is 9.98. The van der Waals surface area contributed by atoms with Crippen LogP contribution in [0.25, 0.3) is 6.08 Å². The van der Waals surface area contributed by atoms with Gasteiger partial charge in [-0.2, -0.15) is 0 Å². The van der Waals surface area contributed by atoms with E-state index in [1.54, 1.807) is 6.07 Å². The summed E-state index contributed by atoms with van der Waals surface area (Å²) < 4.78 is 11.7. The number of ether oxygens (including phenoxy) is 2. The molecule has 3 nitrogen and oxygen atoms in total. The van der Waals surface area contributed by atoms with Crippen LogP contribution in [-0.4, -0.2) is 12.4 Å². The van der Waals surface area contributed by atoms with E-state index >= 15 is 0 Å². The van der Waals surface area contributed by atoms with Crippen molar-refractivity contribution in [2.45, 2.75) is 6.61 Å². The molecule has 0 N–H and O–H groups in total. The molecule has 26 heavy (non-hydrogen) atoms. The van der Waals surface area contributed by atoms with Gasteiger partial charge in [0, 0.05) is 11.1 Å². The van der Waals surface area contributed by atoms with E-state index in [9.17, 15) is 4.79 Å². The van der Waals surface area contributed by atoms with E-state index < -0.39 is 0 Å². The Balaban J connectivity index is 1.59. The average molecular weight is 342 g/mol. The van der Waals surface area contributed by atoms with Crippen molar-refractivity contribution in [3.05, 3.63) is 101 Å². The summed E-state index contributed by atoms with van der Waals surface area (Å²) in [6.45, 7) is 0.747. The van der Waals surface area contributed by atoms with Crippen LogP contribution in [-0.2, 0) is 6.61 Å². The average Bonchev–Trinajstić information content (AvgIpc) is 2.70. The molecular weight excluding hydrogens is 324 g/mol. The van der Waals surface area contributed by atoms with Gasteiger partial charge in [-0.15, -0.1) is 0 Å². The Morgan fingerprint density at radius 3 is 2.50 bits per heavy atom. The second-order valence-corrected chi connectivity index (χ2v) is 6.10. The molecule has 0 bridgehead atoms. The van der Waals surface area contributed by atoms with E-state index in [0.29, 0.717) is 23.5 Å². The number of hydrogen-bond acceptors (Lipinski definition) is 3. The Bertz CT molecular complexity index is 958. The molecule has 0 unspecified atom stereocenters. The standard InChI is InChI=1S/C23H18O3/c24-23-19(16-26-22-13-7-5-11-20(22)23)14-18-10-4-6-12-21(18)25-15-17-8-2-1-3-9-17/h1-14H,15-16H2. The van der Waals surface area contributed by atoms with E-state index in [1.807, 2.05) is 78.9 Å². The molecule has 3 aromatic rings. The molecule has 0 radical (unpaired) electrons. The molecule has 3 aromatic carbocycles. The Kier molecular flexibility index (Phi) is 4.52. The SMILES string of the molecule is O=C1C(=Cc2ccccc2OCc2ccccc2)COc2ccccc21. The molecule has 1 heterocycles. The summed E-state index contributed by atoms with van der Waals surface area (Å²) in [7, 11) is 0. The highest BCUT2D eigenvalue weighted by molar-refractivity contribution is 6.14. The van der Waals surface area contributed by atoms with Gasteiger partial charge >= 0.3 is 0 Å². The van der Waals surface area contributed by atoms with Gasteiger partial charge in [-0.1, -0.05) is 60.7 Å². The van der Waals surface area contributed by atoms with Crippen molar-refractivity contribution in [3.8, 4) is 11.5 Å². The van der Waals surface area contributed by atoms with Gasteiger partial charge in [0.1, 0.15) is 24.7 Å². The first kappa shape index (κ1) is 16.2. The number of para-hydroxylation sites is 2. The second kappa shape index (κ2) is 7.28. The lowest BCUT2D eigenvalue weighted by Gasteiger charge is -2.19. The summed E-state index contributed by atoms with van der Waals surface area (Å²) in [4.78, 5) is 12.7. The summed E-state index contributed by atoms with van der Waals surface area (Å²) in [6, 6.07) is 25.1. The van der Waals surface area contributed by atoms with Crippen LogP contribution >= 0.6 is 0 Å². The van der Waals surface area contributed by atoms with Gasteiger partial charge in [-0.25, -0.2) is 0 Å². The van der Waals surface area contributed by atoms with Gasteiger partial charge < -0.3 is 9.47 Å². The number of hydrogen-bond donors (Lipinski definition) is 0. The van der Waals surface area contributed by atoms with Crippen molar-refractivity contribution in [1.29, 1.82) is 0 Å². The van der Waals surface area contributed by atoms with Crippen molar-refractivity contribution >= 4 is 11.9 Å². The van der Waals surface area contributed by atoms with Crippen molar-refractivity contribution in [3.63, 3.8) is 0 Å². The largest absolute Gasteiger partial charge is 0.488 e. The molecule has 0 aliphatic carbocycles. The van der Waals surface area contributed by atoms with Gasteiger partial charge in [0.2, 0.25) is 0 Å². The third-order valence-corrected chi connectivity index (χ3v) is 4.29. The Morgan fingerprint density at radius 2 is 1.62 bits per heavy atom. The summed E-state index contributed by atoms with van der Waals surface area (Å²) >= 11 is 0. The Hall–Kier alpha value is -3.33. The predicted octanol–water partition coefficient (Wildman–Crippen LogP) is 4.92. The van der Waals surface area contributed by atoms with Crippen LogP contribution in [0.1, 0.15) is 21.5 Å².